The van der Waals surface area contributed by atoms with Crippen LogP contribution in [0.4, 0.5) is 0 Å². The predicted octanol–water partition coefficient (Wildman–Crippen LogP) is -13.0. The van der Waals surface area contributed by atoms with Gasteiger partial charge < -0.3 is 159 Å². The Balaban J connectivity index is 1.23. The molecule has 0 aromatic rings. The summed E-state index contributed by atoms with van der Waals surface area (Å²) in [6.07, 6.45) is -60.7. The lowest BCUT2D eigenvalue weighted by molar-refractivity contribution is -0.427. The van der Waals surface area contributed by atoms with E-state index in [1.807, 2.05) is 0 Å². The standard InChI is InChI=1S/C39H66O32/c1-2-39(57,58)71-32-25(56)38-64-14(8-45)31(32)70-37-24(55)19(50)29(12(6-43)63-37)68-35-22(53)17(48)27(10(4-41)61-35)66-33-20(51)15(46)26(9(3-40)59-33)65-34-21(52)16(47)28(11(5-42)60-34)67-36-23(54)18(49)30(69-38)13(7-44)62-36/h9-38,40-58H,2-8H2,1H3/t9-,10-,11-,12-,13-,14-,15-,16-,17-,18-,19-,20-,21-,22-,23-,24-,25-,26-,27-,28-,29-,30-,31+,32-,33-,34-,35-,36-,37-,38-/m1/s1. The molecule has 22 aliphatic heterocycles. The molecule has 0 aliphatic carbocycles. The molecule has 0 saturated carbocycles. The van der Waals surface area contributed by atoms with E-state index in [1.54, 1.807) is 0 Å². The molecule has 414 valence electrons. The molecule has 0 spiro atoms. The first kappa shape index (κ1) is 57.4. The molecule has 12 bridgehead atoms. The lowest BCUT2D eigenvalue weighted by Gasteiger charge is -2.51. The van der Waals surface area contributed by atoms with Gasteiger partial charge in [0, 0.05) is 6.42 Å². The SMILES string of the molecule is CCC(O)(O)O[C@@H]1[C@@H](O)[C@H]2O[C@H]3[C@H](O)[C@@H](O)[C@@H](O[C@H]4[C@H](O)[C@@H](O)[C@@H](O[C@H]5[C@H](O)[C@@H](O)[C@@H](O[C@H]6[C@H](O)[C@@H](O)[C@@H](O[C@H]7[C@H](O)[C@@H](O)[C@@H](O[C@H]1[C@@H](CO)O2)O[C@@H]7CO)O[C@@H]6CO)O[C@@H]5CO)O[C@@H]4CO)O[C@@H]3CO. The van der Waals surface area contributed by atoms with Crippen LogP contribution in [0.15, 0.2) is 0 Å². The summed E-state index contributed by atoms with van der Waals surface area (Å²) < 4.78 is 74.0. The van der Waals surface area contributed by atoms with Gasteiger partial charge in [0.1, 0.15) is 146 Å². The molecule has 0 unspecified atom stereocenters. The van der Waals surface area contributed by atoms with E-state index in [-0.39, 0.29) is 0 Å². The molecule has 22 rings (SSSR count). The Hall–Kier alpha value is -1.28. The van der Waals surface area contributed by atoms with Crippen LogP contribution in [0, 0.1) is 0 Å². The van der Waals surface area contributed by atoms with Crippen LogP contribution >= 0.6 is 0 Å². The maximum absolute atomic E-state index is 11.7. The van der Waals surface area contributed by atoms with Crippen molar-refractivity contribution in [3.8, 4) is 0 Å². The van der Waals surface area contributed by atoms with E-state index in [4.69, 9.17) is 61.6 Å². The zero-order valence-electron chi connectivity index (χ0n) is 37.6. The summed E-state index contributed by atoms with van der Waals surface area (Å²) in [5, 5.41) is 208. The monoisotopic (exact) mass is 1050 g/mol. The van der Waals surface area contributed by atoms with E-state index in [2.05, 4.69) is 0 Å². The Kier molecular flexibility index (Phi) is 19.4. The number of hydrogen-bond acceptors (Lipinski definition) is 32. The van der Waals surface area contributed by atoms with Crippen LogP contribution in [0.3, 0.4) is 0 Å². The van der Waals surface area contributed by atoms with Gasteiger partial charge in [-0.3, -0.25) is 0 Å². The molecule has 0 aromatic carbocycles. The summed E-state index contributed by atoms with van der Waals surface area (Å²) >= 11 is 0. The van der Waals surface area contributed by atoms with Crippen LogP contribution in [0.1, 0.15) is 13.3 Å². The van der Waals surface area contributed by atoms with Gasteiger partial charge in [-0.2, -0.15) is 0 Å². The van der Waals surface area contributed by atoms with Gasteiger partial charge >= 0.3 is 0 Å². The van der Waals surface area contributed by atoms with Crippen molar-refractivity contribution in [1.82, 2.24) is 0 Å². The van der Waals surface area contributed by atoms with Gasteiger partial charge in [-0.15, -0.1) is 0 Å². The number of hydrogen-bond donors (Lipinski definition) is 19. The van der Waals surface area contributed by atoms with E-state index in [0.29, 0.717) is 0 Å². The molecule has 71 heavy (non-hydrogen) atoms. The van der Waals surface area contributed by atoms with Gasteiger partial charge in [0.05, 0.1) is 39.6 Å². The number of aliphatic hydroxyl groups is 19. The van der Waals surface area contributed by atoms with Crippen LogP contribution < -0.4 is 0 Å². The molecule has 22 heterocycles. The minimum atomic E-state index is -3.08. The minimum Gasteiger partial charge on any atom is -0.394 e. The Bertz CT molecular complexity index is 1640. The molecule has 0 aromatic heterocycles. The summed E-state index contributed by atoms with van der Waals surface area (Å²) in [6, 6.07) is 0. The van der Waals surface area contributed by atoms with Crippen LogP contribution in [0.2, 0.25) is 0 Å². The summed E-state index contributed by atoms with van der Waals surface area (Å²) in [5.41, 5.74) is 0. The zero-order valence-corrected chi connectivity index (χ0v) is 37.6. The van der Waals surface area contributed by atoms with Crippen molar-refractivity contribution in [1.29, 1.82) is 0 Å². The highest BCUT2D eigenvalue weighted by atomic mass is 16.8. The fourth-order valence-electron chi connectivity index (χ4n) is 9.35. The quantitative estimate of drug-likeness (QED) is 0.0954. The summed E-state index contributed by atoms with van der Waals surface area (Å²) in [5.74, 6) is -3.08. The topological polar surface area (TPSA) is 504 Å². The first-order chi connectivity index (χ1) is 33.7. The van der Waals surface area contributed by atoms with Crippen LogP contribution in [-0.4, -0.2) is 327 Å². The summed E-state index contributed by atoms with van der Waals surface area (Å²) in [6.45, 7) is -5.01. The Morgan fingerprint density at radius 3 is 0.704 bits per heavy atom. The highest BCUT2D eigenvalue weighted by Crippen LogP contribution is 2.39. The Morgan fingerprint density at radius 2 is 0.493 bits per heavy atom. The van der Waals surface area contributed by atoms with Gasteiger partial charge in [-0.05, 0) is 0 Å². The number of aliphatic hydroxyl groups excluding tert-OH is 17. The van der Waals surface area contributed by atoms with Crippen LogP contribution in [0.25, 0.3) is 0 Å². The maximum Gasteiger partial charge on any atom is 0.277 e. The second-order valence-corrected chi connectivity index (χ2v) is 18.0. The van der Waals surface area contributed by atoms with Gasteiger partial charge in [0.25, 0.3) is 5.97 Å². The van der Waals surface area contributed by atoms with Crippen molar-refractivity contribution in [2.24, 2.45) is 0 Å². The van der Waals surface area contributed by atoms with E-state index in [1.165, 1.54) is 6.92 Å². The van der Waals surface area contributed by atoms with Crippen molar-refractivity contribution in [2.45, 2.75) is 204 Å². The largest absolute Gasteiger partial charge is 0.394 e. The first-order valence-corrected chi connectivity index (χ1v) is 22.8. The first-order valence-electron chi connectivity index (χ1n) is 22.8. The van der Waals surface area contributed by atoms with E-state index in [9.17, 15) is 97.0 Å². The maximum atomic E-state index is 11.7. The van der Waals surface area contributed by atoms with Crippen molar-refractivity contribution in [3.63, 3.8) is 0 Å². The molecular weight excluding hydrogens is 980 g/mol. The second-order valence-electron chi connectivity index (χ2n) is 18.0. The van der Waals surface area contributed by atoms with Gasteiger partial charge in [0.15, 0.2) is 37.7 Å². The fourth-order valence-corrected chi connectivity index (χ4v) is 9.35. The van der Waals surface area contributed by atoms with Crippen LogP contribution in [0.5, 0.6) is 0 Å². The molecule has 30 atom stereocenters. The summed E-state index contributed by atoms with van der Waals surface area (Å²) in [7, 11) is 0. The molecule has 19 N–H and O–H groups in total. The molecule has 22 saturated heterocycles. The molecule has 22 aliphatic rings. The Morgan fingerprint density at radius 1 is 0.296 bits per heavy atom. The van der Waals surface area contributed by atoms with Crippen LogP contribution in [-0.2, 0) is 61.6 Å². The smallest absolute Gasteiger partial charge is 0.277 e. The fraction of sp³-hybridized carbons (Fsp3) is 1.00. The van der Waals surface area contributed by atoms with Gasteiger partial charge in [-0.25, -0.2) is 0 Å². The van der Waals surface area contributed by atoms with Gasteiger partial charge in [0.2, 0.25) is 0 Å². The molecule has 0 amide bonds. The highest BCUT2D eigenvalue weighted by molar-refractivity contribution is 5.01. The molecule has 0 radical (unpaired) electrons. The third-order valence-electron chi connectivity index (χ3n) is 13.4. The average Bonchev–Trinajstić information content (AvgIpc) is 3.35. The zero-order chi connectivity index (χ0) is 52.0. The van der Waals surface area contributed by atoms with E-state index >= 15 is 0 Å². The third-order valence-corrected chi connectivity index (χ3v) is 13.4. The number of ether oxygens (including phenoxy) is 13. The van der Waals surface area contributed by atoms with Crippen molar-refractivity contribution >= 4 is 0 Å². The lowest BCUT2D eigenvalue weighted by Crippen LogP contribution is -2.69. The highest BCUT2D eigenvalue weighted by Gasteiger charge is 2.59. The van der Waals surface area contributed by atoms with Gasteiger partial charge in [-0.1, -0.05) is 6.92 Å². The van der Waals surface area contributed by atoms with Crippen molar-refractivity contribution < 1.29 is 159 Å². The molecule has 32 heteroatoms. The lowest BCUT2D eigenvalue weighted by atomic mass is 9.94. The molecule has 22 fully saturated rings. The molecular formula is C39H66O32. The normalized spacial score (nSPS) is 52.6. The van der Waals surface area contributed by atoms with Crippen molar-refractivity contribution in [2.75, 3.05) is 39.6 Å². The van der Waals surface area contributed by atoms with E-state index < -0.39 is 236 Å². The Labute approximate surface area is 401 Å². The minimum absolute atomic E-state index is 0.582. The summed E-state index contributed by atoms with van der Waals surface area (Å²) in [4.78, 5) is 0. The second kappa shape index (κ2) is 23.9. The molecule has 32 nitrogen and oxygen atoms in total. The predicted molar refractivity (Wildman–Crippen MR) is 212 cm³/mol. The van der Waals surface area contributed by atoms with E-state index in [0.717, 1.165) is 0 Å². The third kappa shape index (κ3) is 11.6. The average molecular weight is 1050 g/mol. The van der Waals surface area contributed by atoms with Crippen molar-refractivity contribution in [3.05, 3.63) is 0 Å². The number of rotatable bonds is 9.